The Kier molecular flexibility index (Phi) is 8.81. The average Bonchev–Trinajstić information content (AvgIpc) is 1.27. The molecule has 0 bridgehead atoms. The lowest BCUT2D eigenvalue weighted by Gasteiger charge is -1.62. The third-order valence-corrected chi connectivity index (χ3v) is 0. The molecule has 2 nitrogen and oxygen atoms in total. The van der Waals surface area contributed by atoms with Crippen molar-refractivity contribution in [1.82, 2.24) is 0 Å². The molecule has 0 saturated heterocycles. The van der Waals surface area contributed by atoms with Gasteiger partial charge in [0.25, 0.3) is 6.70 Å². The SMILES string of the molecule is CCC.O=S(=O)(Br)Br. The first-order valence-electron chi connectivity index (χ1n) is 2.06. The van der Waals surface area contributed by atoms with Gasteiger partial charge in [-0.25, -0.2) is 8.42 Å². The fourth-order valence-electron chi connectivity index (χ4n) is 0. The molecule has 0 aliphatic rings. The summed E-state index contributed by atoms with van der Waals surface area (Å²) in [6.07, 6.45) is 1.25. The van der Waals surface area contributed by atoms with Gasteiger partial charge in [0.05, 0.1) is 29.6 Å². The Labute approximate surface area is 65.0 Å². The first-order chi connectivity index (χ1) is 3.41. The van der Waals surface area contributed by atoms with Crippen molar-refractivity contribution in [3.05, 3.63) is 0 Å². The second-order valence-corrected chi connectivity index (χ2v) is 9.56. The molecule has 0 aliphatic heterocycles. The van der Waals surface area contributed by atoms with E-state index in [1.54, 1.807) is 0 Å². The van der Waals surface area contributed by atoms with Gasteiger partial charge in [-0.2, -0.15) is 0 Å². The van der Waals surface area contributed by atoms with Crippen LogP contribution in [0.4, 0.5) is 0 Å². The summed E-state index contributed by atoms with van der Waals surface area (Å²) in [6, 6.07) is 0. The van der Waals surface area contributed by atoms with Crippen LogP contribution < -0.4 is 0 Å². The first-order valence-corrected chi connectivity index (χ1v) is 7.22. The van der Waals surface area contributed by atoms with Gasteiger partial charge in [-0.05, 0) is 0 Å². The van der Waals surface area contributed by atoms with Crippen molar-refractivity contribution in [3.63, 3.8) is 0 Å². The maximum absolute atomic E-state index is 9.47. The molecule has 0 aromatic heterocycles. The van der Waals surface area contributed by atoms with Crippen molar-refractivity contribution in [2.75, 3.05) is 0 Å². The molecule has 0 spiro atoms. The van der Waals surface area contributed by atoms with Crippen LogP contribution in [0.3, 0.4) is 0 Å². The normalized spacial score (nSPS) is 9.50. The molecule has 0 aliphatic carbocycles. The summed E-state index contributed by atoms with van der Waals surface area (Å²) < 4.78 is 18.9. The van der Waals surface area contributed by atoms with Crippen LogP contribution in [0.1, 0.15) is 20.3 Å². The highest BCUT2D eigenvalue weighted by Gasteiger charge is 1.87. The molecule has 0 rings (SSSR count). The van der Waals surface area contributed by atoms with E-state index in [0.29, 0.717) is 0 Å². The summed E-state index contributed by atoms with van der Waals surface area (Å²) in [6.45, 7) is 1.21. The second kappa shape index (κ2) is 6.04. The Bertz CT molecular complexity index is 109. The molecule has 0 aromatic carbocycles. The van der Waals surface area contributed by atoms with E-state index in [4.69, 9.17) is 0 Å². The largest absolute Gasteiger partial charge is 0.268 e. The van der Waals surface area contributed by atoms with Crippen LogP contribution in [-0.2, 0) is 6.70 Å². The van der Waals surface area contributed by atoms with Crippen LogP contribution in [0.15, 0.2) is 0 Å². The van der Waals surface area contributed by atoms with E-state index in [-0.39, 0.29) is 0 Å². The third kappa shape index (κ3) is 291. The number of halogens is 2. The fourth-order valence-corrected chi connectivity index (χ4v) is 0. The van der Waals surface area contributed by atoms with Crippen LogP contribution in [-0.4, -0.2) is 8.42 Å². The highest BCUT2D eigenvalue weighted by molar-refractivity contribution is 9.79. The summed E-state index contributed by atoms with van der Waals surface area (Å²) in [5, 5.41) is 0. The highest BCUT2D eigenvalue weighted by Crippen LogP contribution is 2.06. The maximum atomic E-state index is 9.47. The Morgan fingerprint density at radius 3 is 1.25 bits per heavy atom. The molecule has 0 unspecified atom stereocenters. The smallest absolute Gasteiger partial charge is 0.205 e. The topological polar surface area (TPSA) is 34.1 Å². The summed E-state index contributed by atoms with van der Waals surface area (Å²) in [5.41, 5.74) is 0. The lowest BCUT2D eigenvalue weighted by Crippen LogP contribution is -1.60. The monoisotopic (exact) mass is 266 g/mol. The Morgan fingerprint density at radius 2 is 1.25 bits per heavy atom. The molecule has 0 saturated carbocycles. The van der Waals surface area contributed by atoms with E-state index in [2.05, 4.69) is 43.5 Å². The van der Waals surface area contributed by atoms with E-state index in [1.165, 1.54) is 6.42 Å². The molecule has 0 aromatic rings. The van der Waals surface area contributed by atoms with Gasteiger partial charge in [0, 0.05) is 0 Å². The predicted molar refractivity (Wildman–Crippen MR) is 42.7 cm³/mol. The van der Waals surface area contributed by atoms with Crippen LogP contribution in [0, 0.1) is 0 Å². The van der Waals surface area contributed by atoms with Gasteiger partial charge in [0.1, 0.15) is 0 Å². The standard InChI is InChI=1S/C3H8.Br2O2S/c1-3-2;1-5(2,3)4/h3H2,1-2H3;. The summed E-state index contributed by atoms with van der Waals surface area (Å²) in [4.78, 5) is 0. The summed E-state index contributed by atoms with van der Waals surface area (Å²) >= 11 is 4.53. The minimum atomic E-state index is -3.04. The molecule has 0 atom stereocenters. The van der Waals surface area contributed by atoms with Crippen molar-refractivity contribution in [2.24, 2.45) is 0 Å². The minimum Gasteiger partial charge on any atom is -0.205 e. The Morgan fingerprint density at radius 1 is 1.25 bits per heavy atom. The van der Waals surface area contributed by atoms with Gasteiger partial charge in [-0.3, -0.25) is 0 Å². The molecular formula is C3H8Br2O2S. The van der Waals surface area contributed by atoms with Gasteiger partial charge < -0.3 is 0 Å². The molecule has 0 N–H and O–H groups in total. The van der Waals surface area contributed by atoms with Crippen molar-refractivity contribution < 1.29 is 8.42 Å². The maximum Gasteiger partial charge on any atom is 0.268 e. The molecule has 0 amide bonds. The zero-order valence-corrected chi connectivity index (χ0v) is 8.68. The predicted octanol–water partition coefficient (Wildman–Crippen LogP) is 2.44. The highest BCUT2D eigenvalue weighted by atomic mass is 79.9. The summed E-state index contributed by atoms with van der Waals surface area (Å²) in [7, 11) is 0. The fraction of sp³-hybridized carbons (Fsp3) is 1.00. The van der Waals surface area contributed by atoms with Crippen molar-refractivity contribution >= 4 is 36.3 Å². The lowest BCUT2D eigenvalue weighted by molar-refractivity contribution is 0.625. The van der Waals surface area contributed by atoms with Crippen molar-refractivity contribution in [3.8, 4) is 0 Å². The van der Waals surface area contributed by atoms with Crippen molar-refractivity contribution in [1.29, 1.82) is 0 Å². The van der Waals surface area contributed by atoms with Crippen LogP contribution in [0.5, 0.6) is 0 Å². The molecular weight excluding hydrogens is 260 g/mol. The van der Waals surface area contributed by atoms with Gasteiger partial charge in [0.2, 0.25) is 0 Å². The van der Waals surface area contributed by atoms with Crippen LogP contribution in [0.25, 0.3) is 0 Å². The van der Waals surface area contributed by atoms with E-state index in [9.17, 15) is 8.42 Å². The quantitative estimate of drug-likeness (QED) is 0.632. The van der Waals surface area contributed by atoms with Crippen molar-refractivity contribution in [2.45, 2.75) is 20.3 Å². The third-order valence-electron chi connectivity index (χ3n) is 0. The van der Waals surface area contributed by atoms with E-state index >= 15 is 0 Å². The Hall–Kier alpha value is 0.910. The lowest BCUT2D eigenvalue weighted by atomic mass is 10.6. The van der Waals surface area contributed by atoms with E-state index in [1.807, 2.05) is 0 Å². The Balaban J connectivity index is 0. The van der Waals surface area contributed by atoms with Gasteiger partial charge in [0.15, 0.2) is 0 Å². The summed E-state index contributed by atoms with van der Waals surface area (Å²) in [5.74, 6) is 0. The molecule has 0 fully saturated rings. The number of rotatable bonds is 0. The van der Waals surface area contributed by atoms with Gasteiger partial charge >= 0.3 is 0 Å². The molecule has 8 heavy (non-hydrogen) atoms. The van der Waals surface area contributed by atoms with Crippen LogP contribution in [0.2, 0.25) is 0 Å². The average molecular weight is 268 g/mol. The minimum absolute atomic E-state index is 1.25. The molecule has 0 radical (unpaired) electrons. The zero-order valence-electron chi connectivity index (χ0n) is 4.69. The van der Waals surface area contributed by atoms with Crippen LogP contribution >= 0.6 is 29.6 Å². The molecule has 5 heteroatoms. The van der Waals surface area contributed by atoms with E-state index < -0.39 is 6.70 Å². The molecule has 0 heterocycles. The molecule has 52 valence electrons. The number of hydrogen-bond acceptors (Lipinski definition) is 2. The zero-order chi connectivity index (χ0) is 7.21. The second-order valence-electron chi connectivity index (χ2n) is 1.09. The van der Waals surface area contributed by atoms with Gasteiger partial charge in [-0.15, -0.1) is 0 Å². The number of hydrogen-bond donors (Lipinski definition) is 0. The van der Waals surface area contributed by atoms with E-state index in [0.717, 1.165) is 0 Å². The van der Waals surface area contributed by atoms with Gasteiger partial charge in [-0.1, -0.05) is 20.3 Å². The first kappa shape index (κ1) is 11.7.